The normalized spacial score (nSPS) is 12.5. The number of aromatic nitrogens is 1. The molecule has 1 atom stereocenters. The molecule has 0 saturated carbocycles. The van der Waals surface area contributed by atoms with Crippen LogP contribution >= 0.6 is 11.3 Å². The number of anilines is 1. The lowest BCUT2D eigenvalue weighted by Gasteiger charge is -2.12. The minimum Gasteiger partial charge on any atom is -0.359 e. The number of aryl methyl sites for hydroxylation is 2. The van der Waals surface area contributed by atoms with Gasteiger partial charge in [0.25, 0.3) is 0 Å². The van der Waals surface area contributed by atoms with Crippen molar-refractivity contribution in [1.29, 1.82) is 0 Å². The standard InChI is InChI=1S/C18H20N2S/c1-13-8-11-16-17(12-13)21-18(20-16)19-14(2)9-10-15-6-4-3-5-7-15/h3-8,11-12,14H,9-10H2,1-2H3,(H,19,20). The minimum absolute atomic E-state index is 0.423. The monoisotopic (exact) mass is 296 g/mol. The molecule has 2 aromatic carbocycles. The fraction of sp³-hybridized carbons (Fsp3) is 0.278. The summed E-state index contributed by atoms with van der Waals surface area (Å²) in [5, 5.41) is 4.55. The number of fused-ring (bicyclic) bond motifs is 1. The van der Waals surface area contributed by atoms with Gasteiger partial charge in [-0.15, -0.1) is 0 Å². The average molecular weight is 296 g/mol. The molecule has 0 aliphatic rings. The smallest absolute Gasteiger partial charge is 0.183 e. The highest BCUT2D eigenvalue weighted by Crippen LogP contribution is 2.27. The number of hydrogen-bond donors (Lipinski definition) is 1. The van der Waals surface area contributed by atoms with Crippen LogP contribution in [0, 0.1) is 6.92 Å². The van der Waals surface area contributed by atoms with Crippen LogP contribution < -0.4 is 5.32 Å². The van der Waals surface area contributed by atoms with Crippen molar-refractivity contribution in [2.75, 3.05) is 5.32 Å². The molecule has 0 amide bonds. The molecule has 1 heterocycles. The molecule has 0 spiro atoms. The quantitative estimate of drug-likeness (QED) is 0.713. The van der Waals surface area contributed by atoms with Crippen molar-refractivity contribution >= 4 is 26.7 Å². The van der Waals surface area contributed by atoms with Crippen LogP contribution in [0.5, 0.6) is 0 Å². The Balaban J connectivity index is 1.62. The molecule has 0 fully saturated rings. The highest BCUT2D eigenvalue weighted by Gasteiger charge is 2.07. The second-order valence-corrected chi connectivity index (χ2v) is 6.59. The number of nitrogens with zero attached hydrogens (tertiary/aromatic N) is 1. The number of hydrogen-bond acceptors (Lipinski definition) is 3. The Morgan fingerprint density at radius 3 is 2.76 bits per heavy atom. The molecule has 2 nitrogen and oxygen atoms in total. The number of nitrogens with one attached hydrogen (secondary N) is 1. The fourth-order valence-corrected chi connectivity index (χ4v) is 3.48. The highest BCUT2D eigenvalue weighted by molar-refractivity contribution is 7.22. The van der Waals surface area contributed by atoms with E-state index in [-0.39, 0.29) is 0 Å². The van der Waals surface area contributed by atoms with Crippen molar-refractivity contribution in [2.45, 2.75) is 32.7 Å². The van der Waals surface area contributed by atoms with E-state index < -0.39 is 0 Å². The lowest BCUT2D eigenvalue weighted by atomic mass is 10.1. The van der Waals surface area contributed by atoms with Crippen molar-refractivity contribution in [3.8, 4) is 0 Å². The molecule has 108 valence electrons. The zero-order valence-corrected chi connectivity index (χ0v) is 13.3. The van der Waals surface area contributed by atoms with Gasteiger partial charge in [-0.05, 0) is 49.9 Å². The van der Waals surface area contributed by atoms with Gasteiger partial charge in [0.15, 0.2) is 5.13 Å². The van der Waals surface area contributed by atoms with Crippen LogP contribution in [0.4, 0.5) is 5.13 Å². The van der Waals surface area contributed by atoms with E-state index in [9.17, 15) is 0 Å². The summed E-state index contributed by atoms with van der Waals surface area (Å²) >= 11 is 1.74. The van der Waals surface area contributed by atoms with Crippen molar-refractivity contribution in [1.82, 2.24) is 4.98 Å². The fourth-order valence-electron chi connectivity index (χ4n) is 2.40. The van der Waals surface area contributed by atoms with Gasteiger partial charge in [-0.1, -0.05) is 47.7 Å². The molecule has 1 unspecified atom stereocenters. The van der Waals surface area contributed by atoms with Crippen LogP contribution in [0.15, 0.2) is 48.5 Å². The predicted octanol–water partition coefficient (Wildman–Crippen LogP) is 5.04. The molecule has 1 aromatic heterocycles. The topological polar surface area (TPSA) is 24.9 Å². The van der Waals surface area contributed by atoms with E-state index in [0.29, 0.717) is 6.04 Å². The number of benzene rings is 2. The Morgan fingerprint density at radius 2 is 1.95 bits per heavy atom. The summed E-state index contributed by atoms with van der Waals surface area (Å²) in [5.74, 6) is 0. The van der Waals surface area contributed by atoms with E-state index in [2.05, 4.69) is 72.7 Å². The summed E-state index contributed by atoms with van der Waals surface area (Å²) in [4.78, 5) is 4.66. The first-order valence-electron chi connectivity index (χ1n) is 7.38. The van der Waals surface area contributed by atoms with Gasteiger partial charge >= 0.3 is 0 Å². The Bertz CT molecular complexity index is 718. The van der Waals surface area contributed by atoms with Crippen molar-refractivity contribution < 1.29 is 0 Å². The molecule has 3 aromatic rings. The maximum atomic E-state index is 4.66. The summed E-state index contributed by atoms with van der Waals surface area (Å²) in [7, 11) is 0. The molecule has 1 N–H and O–H groups in total. The molecular formula is C18H20N2S. The molecular weight excluding hydrogens is 276 g/mol. The molecule has 0 radical (unpaired) electrons. The molecule has 0 bridgehead atoms. The zero-order valence-electron chi connectivity index (χ0n) is 12.5. The first-order valence-corrected chi connectivity index (χ1v) is 8.20. The molecule has 3 rings (SSSR count). The summed E-state index contributed by atoms with van der Waals surface area (Å²) < 4.78 is 1.26. The molecule has 3 heteroatoms. The molecule has 0 saturated heterocycles. The summed E-state index contributed by atoms with van der Waals surface area (Å²) in [6, 6.07) is 17.5. The van der Waals surface area contributed by atoms with E-state index in [1.165, 1.54) is 15.8 Å². The van der Waals surface area contributed by atoms with E-state index >= 15 is 0 Å². The predicted molar refractivity (Wildman–Crippen MR) is 92.2 cm³/mol. The summed E-state index contributed by atoms with van der Waals surface area (Å²) in [6.45, 7) is 4.34. The second kappa shape index (κ2) is 6.27. The average Bonchev–Trinajstić information content (AvgIpc) is 2.87. The van der Waals surface area contributed by atoms with Gasteiger partial charge < -0.3 is 5.32 Å². The third-order valence-corrected chi connectivity index (χ3v) is 4.57. The van der Waals surface area contributed by atoms with Crippen molar-refractivity contribution in [3.05, 3.63) is 59.7 Å². The van der Waals surface area contributed by atoms with Crippen molar-refractivity contribution in [2.24, 2.45) is 0 Å². The van der Waals surface area contributed by atoms with Crippen LogP contribution in [0.1, 0.15) is 24.5 Å². The molecule has 0 aliphatic carbocycles. The van der Waals surface area contributed by atoms with Gasteiger partial charge in [0.2, 0.25) is 0 Å². The maximum Gasteiger partial charge on any atom is 0.183 e. The van der Waals surface area contributed by atoms with Crippen LogP contribution in [-0.2, 0) is 6.42 Å². The van der Waals surface area contributed by atoms with Gasteiger partial charge in [-0.25, -0.2) is 4.98 Å². The third kappa shape index (κ3) is 3.61. The van der Waals surface area contributed by atoms with E-state index in [0.717, 1.165) is 23.5 Å². The zero-order chi connectivity index (χ0) is 14.7. The minimum atomic E-state index is 0.423. The van der Waals surface area contributed by atoms with Gasteiger partial charge in [-0.2, -0.15) is 0 Å². The lowest BCUT2D eigenvalue weighted by Crippen LogP contribution is -2.15. The largest absolute Gasteiger partial charge is 0.359 e. The Labute approximate surface area is 129 Å². The third-order valence-electron chi connectivity index (χ3n) is 3.62. The van der Waals surface area contributed by atoms with E-state index in [4.69, 9.17) is 0 Å². The lowest BCUT2D eigenvalue weighted by molar-refractivity contribution is 0.705. The van der Waals surface area contributed by atoms with E-state index in [1.54, 1.807) is 11.3 Å². The Hall–Kier alpha value is -1.87. The summed E-state index contributed by atoms with van der Waals surface area (Å²) in [5.41, 5.74) is 3.77. The van der Waals surface area contributed by atoms with E-state index in [1.807, 2.05) is 0 Å². The van der Waals surface area contributed by atoms with Crippen molar-refractivity contribution in [3.63, 3.8) is 0 Å². The molecule has 21 heavy (non-hydrogen) atoms. The van der Waals surface area contributed by atoms with Crippen LogP contribution in [0.3, 0.4) is 0 Å². The van der Waals surface area contributed by atoms with Gasteiger partial charge in [0.1, 0.15) is 0 Å². The Kier molecular flexibility index (Phi) is 4.20. The van der Waals surface area contributed by atoms with Gasteiger partial charge in [0, 0.05) is 6.04 Å². The van der Waals surface area contributed by atoms with Crippen LogP contribution in [-0.4, -0.2) is 11.0 Å². The first-order chi connectivity index (χ1) is 10.2. The Morgan fingerprint density at radius 1 is 1.14 bits per heavy atom. The van der Waals surface area contributed by atoms with Gasteiger partial charge in [-0.3, -0.25) is 0 Å². The van der Waals surface area contributed by atoms with Crippen LogP contribution in [0.25, 0.3) is 10.2 Å². The van der Waals surface area contributed by atoms with Gasteiger partial charge in [0.05, 0.1) is 10.2 Å². The maximum absolute atomic E-state index is 4.66. The molecule has 0 aliphatic heterocycles. The highest BCUT2D eigenvalue weighted by atomic mass is 32.1. The van der Waals surface area contributed by atoms with Crippen LogP contribution in [0.2, 0.25) is 0 Å². The second-order valence-electron chi connectivity index (χ2n) is 5.56. The number of rotatable bonds is 5. The summed E-state index contributed by atoms with van der Waals surface area (Å²) in [6.07, 6.45) is 2.21. The SMILES string of the molecule is Cc1ccc2nc(NC(C)CCc3ccccc3)sc2c1. The number of thiazole rings is 1. The first kappa shape index (κ1) is 14.1.